The normalized spacial score (nSPS) is 11.5. The second-order valence-corrected chi connectivity index (χ2v) is 16.5. The highest BCUT2D eigenvalue weighted by Crippen LogP contribution is 2.31. The van der Waals surface area contributed by atoms with Crippen LogP contribution in [0.5, 0.6) is 0 Å². The molecule has 8 aromatic rings. The molecule has 0 saturated heterocycles. The number of hydrogen-bond acceptors (Lipinski definition) is 8. The molecule has 0 fully saturated rings. The standard InChI is InChI=1S/2C24H24N4O3/c1-24(2,3)31-23(30)25-13-16-8-7-9-17(12-16)19-14-28(18-10-5-4-6-11-18)21-20(19)22(29)27-15-26-21;1-24(2,3)31-23(30)25-13-16-9-11-17(12-10-16)19-14-28(18-7-5-4-6-8-18)21-20(19)22(29)27-15-26-21/h2*4-12,14-15H,13H2,1-3H3,(H,25,30)(H,26,27,29). The Bertz CT molecular complexity index is 2960. The maximum atomic E-state index is 12.7. The summed E-state index contributed by atoms with van der Waals surface area (Å²) >= 11 is 0. The van der Waals surface area contributed by atoms with Gasteiger partial charge < -0.3 is 39.2 Å². The predicted octanol–water partition coefficient (Wildman–Crippen LogP) is 8.81. The van der Waals surface area contributed by atoms with Crippen molar-refractivity contribution >= 4 is 34.3 Å². The van der Waals surface area contributed by atoms with Crippen LogP contribution in [0.15, 0.2) is 144 Å². The SMILES string of the molecule is CC(C)(C)OC(=O)NCc1ccc(-c2cn(-c3ccccc3)c3nc[nH]c(=O)c23)cc1.CC(C)(C)OC(=O)NCc1cccc(-c2cn(-c3ccccc3)c3nc[nH]c(=O)c23)c1. The van der Waals surface area contributed by atoms with E-state index in [9.17, 15) is 19.2 Å². The zero-order valence-corrected chi connectivity index (χ0v) is 35.4. The van der Waals surface area contributed by atoms with Crippen LogP contribution in [0.2, 0.25) is 0 Å². The van der Waals surface area contributed by atoms with Gasteiger partial charge in [0.15, 0.2) is 11.3 Å². The Morgan fingerprint density at radius 3 is 1.48 bits per heavy atom. The molecule has 316 valence electrons. The van der Waals surface area contributed by atoms with Gasteiger partial charge in [0, 0.05) is 48.0 Å². The molecule has 0 unspecified atom stereocenters. The number of aromatic amines is 2. The molecule has 4 aromatic heterocycles. The lowest BCUT2D eigenvalue weighted by atomic mass is 10.0. The van der Waals surface area contributed by atoms with Crippen molar-refractivity contribution in [2.45, 2.75) is 65.8 Å². The Morgan fingerprint density at radius 2 is 1.02 bits per heavy atom. The molecule has 4 aromatic carbocycles. The number of para-hydroxylation sites is 2. The first-order valence-electron chi connectivity index (χ1n) is 20.0. The van der Waals surface area contributed by atoms with Crippen LogP contribution in [0.4, 0.5) is 9.59 Å². The number of amides is 2. The molecular weight excluding hydrogens is 785 g/mol. The second kappa shape index (κ2) is 17.9. The zero-order valence-electron chi connectivity index (χ0n) is 35.4. The van der Waals surface area contributed by atoms with Crippen LogP contribution in [0.3, 0.4) is 0 Å². The third-order valence-electron chi connectivity index (χ3n) is 9.42. The molecule has 0 atom stereocenters. The summed E-state index contributed by atoms with van der Waals surface area (Å²) in [6, 6.07) is 34.9. The van der Waals surface area contributed by atoms with E-state index >= 15 is 0 Å². The lowest BCUT2D eigenvalue weighted by Crippen LogP contribution is -2.32. The van der Waals surface area contributed by atoms with E-state index in [0.717, 1.165) is 44.8 Å². The number of carbonyl (C=O) groups is 2. The van der Waals surface area contributed by atoms with Crippen molar-refractivity contribution in [3.8, 4) is 33.6 Å². The van der Waals surface area contributed by atoms with Crippen molar-refractivity contribution in [1.82, 2.24) is 39.7 Å². The first-order valence-corrected chi connectivity index (χ1v) is 20.0. The number of alkyl carbamates (subject to hydrolysis) is 2. The zero-order chi connectivity index (χ0) is 44.0. The molecule has 0 radical (unpaired) electrons. The summed E-state index contributed by atoms with van der Waals surface area (Å²) in [4.78, 5) is 63.3. The number of nitrogens with zero attached hydrogens (tertiary/aromatic N) is 4. The van der Waals surface area contributed by atoms with Crippen molar-refractivity contribution in [3.05, 3.63) is 166 Å². The van der Waals surface area contributed by atoms with Crippen LogP contribution >= 0.6 is 0 Å². The number of carbonyl (C=O) groups excluding carboxylic acids is 2. The van der Waals surface area contributed by atoms with Crippen LogP contribution in [0, 0.1) is 0 Å². The Hall–Kier alpha value is -7.74. The molecule has 0 saturated carbocycles. The number of rotatable bonds is 8. The number of nitrogens with one attached hydrogen (secondary N) is 4. The highest BCUT2D eigenvalue weighted by Gasteiger charge is 2.20. The first-order chi connectivity index (χ1) is 29.6. The van der Waals surface area contributed by atoms with Crippen LogP contribution in [0.1, 0.15) is 52.7 Å². The van der Waals surface area contributed by atoms with E-state index in [1.54, 1.807) is 0 Å². The molecule has 4 N–H and O–H groups in total. The largest absolute Gasteiger partial charge is 0.444 e. The summed E-state index contributed by atoms with van der Waals surface area (Å²) in [5, 5.41) is 6.57. The van der Waals surface area contributed by atoms with Gasteiger partial charge in [-0.25, -0.2) is 19.6 Å². The fourth-order valence-electron chi connectivity index (χ4n) is 6.78. The van der Waals surface area contributed by atoms with Crippen LogP contribution in [-0.2, 0) is 22.6 Å². The van der Waals surface area contributed by atoms with E-state index in [-0.39, 0.29) is 11.1 Å². The van der Waals surface area contributed by atoms with Gasteiger partial charge in [0.2, 0.25) is 0 Å². The van der Waals surface area contributed by atoms with Crippen LogP contribution in [0.25, 0.3) is 55.7 Å². The van der Waals surface area contributed by atoms with Gasteiger partial charge in [0.05, 0.1) is 23.4 Å². The monoisotopic (exact) mass is 832 g/mol. The molecule has 8 rings (SSSR count). The Morgan fingerprint density at radius 1 is 0.565 bits per heavy atom. The molecule has 0 aliphatic rings. The molecule has 14 heteroatoms. The third kappa shape index (κ3) is 10.2. The quantitative estimate of drug-likeness (QED) is 0.117. The molecule has 62 heavy (non-hydrogen) atoms. The molecule has 4 heterocycles. The number of aromatic nitrogens is 6. The molecule has 2 amide bonds. The van der Waals surface area contributed by atoms with E-state index in [4.69, 9.17) is 9.47 Å². The Labute approximate surface area is 357 Å². The minimum atomic E-state index is -0.556. The van der Waals surface area contributed by atoms with Crippen LogP contribution in [-0.4, -0.2) is 52.5 Å². The maximum absolute atomic E-state index is 12.7. The summed E-state index contributed by atoms with van der Waals surface area (Å²) in [6.07, 6.45) is 5.74. The highest BCUT2D eigenvalue weighted by atomic mass is 16.6. The lowest BCUT2D eigenvalue weighted by molar-refractivity contribution is 0.0512. The van der Waals surface area contributed by atoms with Gasteiger partial charge in [-0.2, -0.15) is 0 Å². The van der Waals surface area contributed by atoms with Crippen molar-refractivity contribution in [2.24, 2.45) is 0 Å². The molecule has 0 bridgehead atoms. The predicted molar refractivity (Wildman–Crippen MR) is 240 cm³/mol. The molecule has 0 spiro atoms. The van der Waals surface area contributed by atoms with Crippen molar-refractivity contribution < 1.29 is 19.1 Å². The summed E-state index contributed by atoms with van der Waals surface area (Å²) in [5.74, 6) is 0. The molecule has 0 aliphatic heterocycles. The minimum Gasteiger partial charge on any atom is -0.444 e. The fraction of sp³-hybridized carbons (Fsp3) is 0.208. The van der Waals surface area contributed by atoms with Gasteiger partial charge >= 0.3 is 12.2 Å². The van der Waals surface area contributed by atoms with Crippen molar-refractivity contribution in [3.63, 3.8) is 0 Å². The molecule has 14 nitrogen and oxygen atoms in total. The van der Waals surface area contributed by atoms with Gasteiger partial charge in [-0.15, -0.1) is 0 Å². The van der Waals surface area contributed by atoms with Gasteiger partial charge in [-0.3, -0.25) is 9.59 Å². The van der Waals surface area contributed by atoms with E-state index in [1.165, 1.54) is 12.7 Å². The van der Waals surface area contributed by atoms with E-state index < -0.39 is 23.4 Å². The fourth-order valence-corrected chi connectivity index (χ4v) is 6.78. The Balaban J connectivity index is 0.000000186. The van der Waals surface area contributed by atoms with E-state index in [1.807, 2.05) is 172 Å². The van der Waals surface area contributed by atoms with Crippen LogP contribution < -0.4 is 21.8 Å². The maximum Gasteiger partial charge on any atom is 0.407 e. The van der Waals surface area contributed by atoms with E-state index in [2.05, 4.69) is 30.6 Å². The number of benzene rings is 4. The number of H-pyrrole nitrogens is 2. The van der Waals surface area contributed by atoms with Gasteiger partial charge in [0.1, 0.15) is 11.2 Å². The summed E-state index contributed by atoms with van der Waals surface area (Å²) < 4.78 is 14.4. The third-order valence-corrected chi connectivity index (χ3v) is 9.42. The van der Waals surface area contributed by atoms with E-state index in [0.29, 0.717) is 35.2 Å². The topological polar surface area (TPSA) is 178 Å². The Kier molecular flexibility index (Phi) is 12.2. The summed E-state index contributed by atoms with van der Waals surface area (Å²) in [6.45, 7) is 11.6. The van der Waals surface area contributed by atoms with Gasteiger partial charge in [-0.05, 0) is 94.1 Å². The summed E-state index contributed by atoms with van der Waals surface area (Å²) in [7, 11) is 0. The highest BCUT2D eigenvalue weighted by molar-refractivity contribution is 5.95. The minimum absolute atomic E-state index is 0.189. The van der Waals surface area contributed by atoms with Crippen molar-refractivity contribution in [2.75, 3.05) is 0 Å². The average Bonchev–Trinajstić information content (AvgIpc) is 3.84. The smallest absolute Gasteiger partial charge is 0.407 e. The second-order valence-electron chi connectivity index (χ2n) is 16.5. The van der Waals surface area contributed by atoms with Crippen molar-refractivity contribution in [1.29, 1.82) is 0 Å². The lowest BCUT2D eigenvalue weighted by Gasteiger charge is -2.19. The summed E-state index contributed by atoms with van der Waals surface area (Å²) in [5.41, 5.74) is 6.67. The average molecular weight is 833 g/mol. The number of ether oxygens (including phenoxy) is 2. The number of fused-ring (bicyclic) bond motifs is 2. The van der Waals surface area contributed by atoms with Gasteiger partial charge in [-0.1, -0.05) is 78.9 Å². The molecule has 0 aliphatic carbocycles. The van der Waals surface area contributed by atoms with Gasteiger partial charge in [0.25, 0.3) is 11.1 Å². The first kappa shape index (κ1) is 42.4. The molecular formula is C48H48N8O6. The number of hydrogen-bond donors (Lipinski definition) is 4.